The largest absolute Gasteiger partial charge is 1.00 e. The van der Waals surface area contributed by atoms with Gasteiger partial charge in [-0.15, -0.1) is 0 Å². The standard InChI is InChI=1S/C20H28O6.Na.H4O7P2.H/c1-9-5-13-18(24,15(9)22)7-11(8-21)6-12-14-17(3,4)20(14,26)16(23)10(2)19(12,13)25;;1-8(2,3)7-9(4,5)6;/h5-6,10,12-14,16,21,23-26H,7-8H2,1-4H3;;(H2,1,2,3)(H2,4,5,6);/q;+1;;-1/t10-,12+,13-,14-,16-,18+,19+,20+;;;/m1.../s1. The van der Waals surface area contributed by atoms with Crippen molar-refractivity contribution < 1.29 is 94.3 Å². The molecule has 0 saturated heterocycles. The predicted molar refractivity (Wildman–Crippen MR) is 119 cm³/mol. The summed E-state index contributed by atoms with van der Waals surface area (Å²) in [5.74, 6) is -3.14. The average Bonchev–Trinajstić information content (AvgIpc) is 3.08. The fourth-order valence-corrected chi connectivity index (χ4v) is 7.69. The Morgan fingerprint density at radius 2 is 1.58 bits per heavy atom. The molecule has 0 unspecified atom stereocenters. The van der Waals surface area contributed by atoms with Crippen LogP contribution in [-0.4, -0.2) is 80.4 Å². The molecule has 13 nitrogen and oxygen atoms in total. The van der Waals surface area contributed by atoms with Crippen LogP contribution in [0.25, 0.3) is 0 Å². The van der Waals surface area contributed by atoms with Gasteiger partial charge in [-0.05, 0) is 18.1 Å². The van der Waals surface area contributed by atoms with E-state index in [1.165, 1.54) is 0 Å². The van der Waals surface area contributed by atoms with Crippen molar-refractivity contribution >= 4 is 21.4 Å². The average molecular weight is 566 g/mol. The number of fused-ring (bicyclic) bond motifs is 5. The molecule has 16 heteroatoms. The summed E-state index contributed by atoms with van der Waals surface area (Å²) in [4.78, 5) is 43.7. The molecule has 0 aromatic heterocycles. The van der Waals surface area contributed by atoms with Gasteiger partial charge in [-0.25, -0.2) is 9.13 Å². The summed E-state index contributed by atoms with van der Waals surface area (Å²) in [6, 6.07) is 0. The Morgan fingerprint density at radius 3 is 2.00 bits per heavy atom. The molecule has 0 amide bonds. The molecule has 4 aliphatic carbocycles. The van der Waals surface area contributed by atoms with E-state index >= 15 is 0 Å². The van der Waals surface area contributed by atoms with E-state index in [2.05, 4.69) is 4.31 Å². The zero-order valence-corrected chi connectivity index (χ0v) is 24.3. The molecular formula is C20H33NaO13P2. The number of hydrogen-bond acceptors (Lipinski definition) is 9. The van der Waals surface area contributed by atoms with Crippen molar-refractivity contribution in [3.8, 4) is 0 Å². The van der Waals surface area contributed by atoms with E-state index in [0.29, 0.717) is 11.1 Å². The van der Waals surface area contributed by atoms with Crippen molar-refractivity contribution in [2.24, 2.45) is 29.1 Å². The number of hydrogen-bond donors (Lipinski definition) is 9. The van der Waals surface area contributed by atoms with Gasteiger partial charge >= 0.3 is 45.2 Å². The molecule has 0 aliphatic heterocycles. The van der Waals surface area contributed by atoms with Crippen LogP contribution in [0.15, 0.2) is 23.3 Å². The van der Waals surface area contributed by atoms with Gasteiger partial charge in [0, 0.05) is 35.5 Å². The van der Waals surface area contributed by atoms with E-state index in [0.717, 1.165) is 0 Å². The molecule has 8 atom stereocenters. The van der Waals surface area contributed by atoms with Crippen LogP contribution in [-0.2, 0) is 18.2 Å². The van der Waals surface area contributed by atoms with Gasteiger partial charge in [0.05, 0.1) is 18.3 Å². The molecule has 4 aliphatic rings. The van der Waals surface area contributed by atoms with E-state index in [9.17, 15) is 39.5 Å². The topological polar surface area (TPSA) is 243 Å². The summed E-state index contributed by atoms with van der Waals surface area (Å²) in [6.45, 7) is 6.63. The van der Waals surface area contributed by atoms with Gasteiger partial charge in [0.2, 0.25) is 0 Å². The molecule has 0 radical (unpaired) electrons. The van der Waals surface area contributed by atoms with Crippen LogP contribution in [0.2, 0.25) is 0 Å². The molecule has 9 N–H and O–H groups in total. The van der Waals surface area contributed by atoms with Crippen LogP contribution < -0.4 is 29.6 Å². The Hall–Kier alpha value is 0.210. The predicted octanol–water partition coefficient (Wildman–Crippen LogP) is -3.76. The van der Waals surface area contributed by atoms with Gasteiger partial charge < -0.3 is 46.5 Å². The minimum atomic E-state index is -5.05. The molecular weight excluding hydrogens is 533 g/mol. The van der Waals surface area contributed by atoms with Crippen molar-refractivity contribution in [1.29, 1.82) is 0 Å². The second-order valence-electron chi connectivity index (χ2n) is 10.5. The summed E-state index contributed by atoms with van der Waals surface area (Å²) in [5, 5.41) is 54.9. The Labute approximate surface area is 231 Å². The zero-order valence-electron chi connectivity index (χ0n) is 21.5. The number of carbonyl (C=O) groups is 1. The third-order valence-corrected chi connectivity index (χ3v) is 9.96. The van der Waals surface area contributed by atoms with Crippen LogP contribution in [0.5, 0.6) is 0 Å². The van der Waals surface area contributed by atoms with Gasteiger partial charge in [-0.2, -0.15) is 4.31 Å². The second-order valence-corrected chi connectivity index (χ2v) is 13.1. The van der Waals surface area contributed by atoms with Crippen LogP contribution in [0.1, 0.15) is 35.5 Å². The molecule has 0 bridgehead atoms. The minimum Gasteiger partial charge on any atom is -1.00 e. The van der Waals surface area contributed by atoms with E-state index in [4.69, 9.17) is 19.6 Å². The van der Waals surface area contributed by atoms with E-state index in [1.54, 1.807) is 26.0 Å². The summed E-state index contributed by atoms with van der Waals surface area (Å²) in [6.07, 6.45) is 2.08. The molecule has 0 aromatic carbocycles. The number of ketones is 1. The van der Waals surface area contributed by atoms with Crippen LogP contribution >= 0.6 is 15.6 Å². The molecule has 202 valence electrons. The molecule has 0 spiro atoms. The Morgan fingerprint density at radius 1 is 1.08 bits per heavy atom. The maximum atomic E-state index is 12.7. The van der Waals surface area contributed by atoms with Gasteiger partial charge in [-0.1, -0.05) is 32.9 Å². The third-order valence-electron chi connectivity index (χ3n) is 8.26. The molecule has 0 aromatic rings. The maximum absolute atomic E-state index is 12.7. The van der Waals surface area contributed by atoms with Crippen molar-refractivity contribution in [1.82, 2.24) is 0 Å². The van der Waals surface area contributed by atoms with Crippen molar-refractivity contribution in [2.75, 3.05) is 6.61 Å². The smallest absolute Gasteiger partial charge is 1.00 e. The normalized spacial score (nSPS) is 42.8. The summed E-state index contributed by atoms with van der Waals surface area (Å²) < 4.78 is 22.2. The summed E-state index contributed by atoms with van der Waals surface area (Å²) in [7, 11) is -10.1. The SMILES string of the molecule is CC1=C[C@H]2[C@]3(O)[C@H](C)[C@@H](O)[C@@]4(O)[C@H]([C@@H]3C=C(CO)C[C@@]2(O)C1=O)C4(C)C.O=P(O)(O)OP(=O)(O)O.[H-].[Na+]. The van der Waals surface area contributed by atoms with Crippen molar-refractivity contribution in [3.05, 3.63) is 23.3 Å². The Balaban J connectivity index is 0.000000541. The first-order valence-corrected chi connectivity index (χ1v) is 13.9. The fraction of sp³-hybridized carbons (Fsp3) is 0.750. The first-order valence-electron chi connectivity index (χ1n) is 10.8. The van der Waals surface area contributed by atoms with Crippen LogP contribution in [0.4, 0.5) is 0 Å². The quantitative estimate of drug-likeness (QED) is 0.0907. The summed E-state index contributed by atoms with van der Waals surface area (Å²) in [5.41, 5.74) is -4.57. The molecule has 2 fully saturated rings. The van der Waals surface area contributed by atoms with Gasteiger partial charge in [0.1, 0.15) is 11.2 Å². The number of carbonyl (C=O) groups excluding carboxylic acids is 1. The van der Waals surface area contributed by atoms with Crippen LogP contribution in [0.3, 0.4) is 0 Å². The Bertz CT molecular complexity index is 1070. The van der Waals surface area contributed by atoms with Gasteiger partial charge in [0.15, 0.2) is 5.78 Å². The molecule has 36 heavy (non-hydrogen) atoms. The number of aliphatic hydroxyl groups is 5. The number of Topliss-reactive ketones (excluding diaryl/α,β-unsaturated/α-hetero) is 1. The van der Waals surface area contributed by atoms with Crippen molar-refractivity contribution in [3.63, 3.8) is 0 Å². The van der Waals surface area contributed by atoms with Crippen molar-refractivity contribution in [2.45, 2.75) is 57.0 Å². The second kappa shape index (κ2) is 9.69. The fourth-order valence-electron chi connectivity index (χ4n) is 6.59. The number of aliphatic hydroxyl groups excluding tert-OH is 2. The van der Waals surface area contributed by atoms with Gasteiger partial charge in [0.25, 0.3) is 0 Å². The Kier molecular flexibility index (Phi) is 8.73. The number of phosphoric acid groups is 2. The monoisotopic (exact) mass is 566 g/mol. The van der Waals surface area contributed by atoms with E-state index in [1.807, 2.05) is 13.8 Å². The minimum absolute atomic E-state index is 0. The first kappa shape index (κ1) is 32.4. The first-order chi connectivity index (χ1) is 15.6. The summed E-state index contributed by atoms with van der Waals surface area (Å²) >= 11 is 0. The van der Waals surface area contributed by atoms with E-state index < -0.39 is 73.4 Å². The van der Waals surface area contributed by atoms with E-state index in [-0.39, 0.29) is 44.0 Å². The zero-order chi connectivity index (χ0) is 27.2. The molecule has 2 saturated carbocycles. The molecule has 4 rings (SSSR count). The van der Waals surface area contributed by atoms with Crippen LogP contribution in [0, 0.1) is 29.1 Å². The number of rotatable bonds is 3. The molecule has 0 heterocycles. The van der Waals surface area contributed by atoms with Gasteiger partial charge in [-0.3, -0.25) is 4.79 Å². The third kappa shape index (κ3) is 4.85. The maximum Gasteiger partial charge on any atom is 1.00 e.